The summed E-state index contributed by atoms with van der Waals surface area (Å²) in [5.41, 5.74) is 1.81. The van der Waals surface area contributed by atoms with Crippen molar-refractivity contribution < 1.29 is 9.59 Å². The van der Waals surface area contributed by atoms with E-state index in [0.717, 1.165) is 11.3 Å². The van der Waals surface area contributed by atoms with Crippen molar-refractivity contribution in [2.75, 3.05) is 18.9 Å². The van der Waals surface area contributed by atoms with Crippen molar-refractivity contribution in [1.82, 2.24) is 10.6 Å². The van der Waals surface area contributed by atoms with Gasteiger partial charge in [0.1, 0.15) is 0 Å². The molecular weight excluding hydrogens is 230 g/mol. The summed E-state index contributed by atoms with van der Waals surface area (Å²) in [6, 6.07) is 7.59. The third-order valence-corrected chi connectivity index (χ3v) is 2.45. The smallest absolute Gasteiger partial charge is 0.221 e. The molecule has 0 saturated heterocycles. The molecule has 3 N–H and O–H groups in total. The van der Waals surface area contributed by atoms with Gasteiger partial charge in [0.15, 0.2) is 0 Å². The van der Waals surface area contributed by atoms with Gasteiger partial charge in [-0.1, -0.05) is 18.2 Å². The molecule has 0 aromatic heterocycles. The Kier molecular flexibility index (Phi) is 5.87. The normalized spacial score (nSPS) is 9.89. The lowest BCUT2D eigenvalue weighted by Gasteiger charge is -2.10. The number of carbonyl (C=O) groups excluding carboxylic acids is 2. The van der Waals surface area contributed by atoms with Crippen LogP contribution >= 0.6 is 0 Å². The Balaban J connectivity index is 2.46. The Labute approximate surface area is 107 Å². The minimum absolute atomic E-state index is 0.0117. The molecule has 98 valence electrons. The van der Waals surface area contributed by atoms with Crippen LogP contribution in [0.5, 0.6) is 0 Å². The minimum Gasteiger partial charge on any atom is -0.359 e. The highest BCUT2D eigenvalue weighted by atomic mass is 16.2. The van der Waals surface area contributed by atoms with Gasteiger partial charge in [-0.05, 0) is 11.6 Å². The van der Waals surface area contributed by atoms with E-state index in [2.05, 4.69) is 16.0 Å². The van der Waals surface area contributed by atoms with Crippen LogP contribution in [0, 0.1) is 0 Å². The quantitative estimate of drug-likeness (QED) is 0.655. The number of carbonyl (C=O) groups is 2. The highest BCUT2D eigenvalue weighted by Gasteiger charge is 2.03. The van der Waals surface area contributed by atoms with E-state index in [0.29, 0.717) is 19.5 Å². The number of nitrogens with one attached hydrogen (secondary N) is 3. The van der Waals surface area contributed by atoms with Gasteiger partial charge in [0, 0.05) is 39.2 Å². The second kappa shape index (κ2) is 7.45. The Bertz CT molecular complexity index is 418. The molecule has 0 spiro atoms. The van der Waals surface area contributed by atoms with Crippen LogP contribution in [0.4, 0.5) is 5.69 Å². The Morgan fingerprint density at radius 2 is 1.94 bits per heavy atom. The van der Waals surface area contributed by atoms with Crippen molar-refractivity contribution in [2.24, 2.45) is 0 Å². The highest BCUT2D eigenvalue weighted by molar-refractivity contribution is 5.89. The summed E-state index contributed by atoms with van der Waals surface area (Å²) in [4.78, 5) is 22.1. The van der Waals surface area contributed by atoms with Gasteiger partial charge < -0.3 is 16.0 Å². The van der Waals surface area contributed by atoms with Gasteiger partial charge in [-0.3, -0.25) is 9.59 Å². The van der Waals surface area contributed by atoms with Gasteiger partial charge in [0.05, 0.1) is 0 Å². The van der Waals surface area contributed by atoms with Crippen LogP contribution in [0.15, 0.2) is 24.3 Å². The van der Waals surface area contributed by atoms with Crippen LogP contribution in [0.1, 0.15) is 18.9 Å². The van der Waals surface area contributed by atoms with Crippen LogP contribution in [0.3, 0.4) is 0 Å². The van der Waals surface area contributed by atoms with Gasteiger partial charge in [-0.15, -0.1) is 0 Å². The number of anilines is 1. The summed E-state index contributed by atoms with van der Waals surface area (Å²) in [5, 5.41) is 8.51. The van der Waals surface area contributed by atoms with Crippen molar-refractivity contribution in [3.8, 4) is 0 Å². The fraction of sp³-hybridized carbons (Fsp3) is 0.385. The Hall–Kier alpha value is -1.88. The molecule has 0 aliphatic rings. The molecule has 1 aromatic carbocycles. The van der Waals surface area contributed by atoms with E-state index in [4.69, 9.17) is 0 Å². The van der Waals surface area contributed by atoms with Crippen LogP contribution < -0.4 is 16.0 Å². The zero-order chi connectivity index (χ0) is 13.4. The molecule has 5 nitrogen and oxygen atoms in total. The molecule has 1 aromatic rings. The largest absolute Gasteiger partial charge is 0.359 e. The van der Waals surface area contributed by atoms with Crippen LogP contribution in [-0.4, -0.2) is 25.4 Å². The van der Waals surface area contributed by atoms with Crippen molar-refractivity contribution in [3.63, 3.8) is 0 Å². The van der Waals surface area contributed by atoms with Gasteiger partial charge in [0.2, 0.25) is 11.8 Å². The highest BCUT2D eigenvalue weighted by Crippen LogP contribution is 2.14. The summed E-state index contributed by atoms with van der Waals surface area (Å²) < 4.78 is 0. The third-order valence-electron chi connectivity index (χ3n) is 2.45. The monoisotopic (exact) mass is 249 g/mol. The van der Waals surface area contributed by atoms with E-state index in [9.17, 15) is 9.59 Å². The SMILES string of the molecule is CNC(=O)CCNCc1ccccc1NC(C)=O. The fourth-order valence-electron chi connectivity index (χ4n) is 1.54. The lowest BCUT2D eigenvalue weighted by Crippen LogP contribution is -2.24. The zero-order valence-corrected chi connectivity index (χ0v) is 10.7. The summed E-state index contributed by atoms with van der Waals surface area (Å²) in [7, 11) is 1.62. The molecule has 5 heteroatoms. The van der Waals surface area contributed by atoms with Crippen LogP contribution in [0.25, 0.3) is 0 Å². The van der Waals surface area contributed by atoms with Crippen molar-refractivity contribution in [3.05, 3.63) is 29.8 Å². The summed E-state index contributed by atoms with van der Waals surface area (Å²) in [6.45, 7) is 2.71. The number of rotatable bonds is 6. The maximum absolute atomic E-state index is 11.0. The molecular formula is C13H19N3O2. The zero-order valence-electron chi connectivity index (χ0n) is 10.7. The molecule has 1 rings (SSSR count). The fourth-order valence-corrected chi connectivity index (χ4v) is 1.54. The summed E-state index contributed by atoms with van der Waals surface area (Å²) in [5.74, 6) is -0.0783. The first-order valence-electron chi connectivity index (χ1n) is 5.90. The summed E-state index contributed by atoms with van der Waals surface area (Å²) in [6.07, 6.45) is 0.443. The van der Waals surface area contributed by atoms with Crippen molar-refractivity contribution in [1.29, 1.82) is 0 Å². The molecule has 0 atom stereocenters. The number of amides is 2. The molecule has 0 unspecified atom stereocenters. The van der Waals surface area contributed by atoms with Crippen molar-refractivity contribution in [2.45, 2.75) is 19.9 Å². The molecule has 18 heavy (non-hydrogen) atoms. The average Bonchev–Trinajstić information content (AvgIpc) is 2.35. The van der Waals surface area contributed by atoms with E-state index in [1.54, 1.807) is 7.05 Å². The predicted molar refractivity (Wildman–Crippen MR) is 71.1 cm³/mol. The molecule has 0 heterocycles. The Morgan fingerprint density at radius 3 is 2.61 bits per heavy atom. The first-order valence-corrected chi connectivity index (χ1v) is 5.90. The van der Waals surface area contributed by atoms with Gasteiger partial charge in [-0.25, -0.2) is 0 Å². The standard InChI is InChI=1S/C13H19N3O2/c1-10(17)16-12-6-4-3-5-11(12)9-15-8-7-13(18)14-2/h3-6,15H,7-9H2,1-2H3,(H,14,18)(H,16,17). The maximum Gasteiger partial charge on any atom is 0.221 e. The molecule has 2 amide bonds. The number of para-hydroxylation sites is 1. The van der Waals surface area contributed by atoms with Gasteiger partial charge >= 0.3 is 0 Å². The van der Waals surface area contributed by atoms with E-state index >= 15 is 0 Å². The molecule has 0 aliphatic heterocycles. The molecule has 0 radical (unpaired) electrons. The minimum atomic E-state index is -0.0900. The molecule has 0 bridgehead atoms. The lowest BCUT2D eigenvalue weighted by atomic mass is 10.1. The van der Waals surface area contributed by atoms with Gasteiger partial charge in [0.25, 0.3) is 0 Å². The second-order valence-electron chi connectivity index (χ2n) is 3.94. The van der Waals surface area contributed by atoms with E-state index in [1.165, 1.54) is 6.92 Å². The lowest BCUT2D eigenvalue weighted by molar-refractivity contribution is -0.120. The van der Waals surface area contributed by atoms with Crippen LogP contribution in [0.2, 0.25) is 0 Å². The third kappa shape index (κ3) is 4.97. The van der Waals surface area contributed by atoms with Gasteiger partial charge in [-0.2, -0.15) is 0 Å². The predicted octanol–water partition coefficient (Wildman–Crippen LogP) is 0.871. The molecule has 0 fully saturated rings. The van der Waals surface area contributed by atoms with Crippen LogP contribution in [-0.2, 0) is 16.1 Å². The maximum atomic E-state index is 11.0. The topological polar surface area (TPSA) is 70.2 Å². The summed E-state index contributed by atoms with van der Waals surface area (Å²) >= 11 is 0. The number of hydrogen-bond donors (Lipinski definition) is 3. The molecule has 0 saturated carbocycles. The number of benzene rings is 1. The Morgan fingerprint density at radius 1 is 1.22 bits per heavy atom. The van der Waals surface area contributed by atoms with E-state index in [-0.39, 0.29) is 11.8 Å². The van der Waals surface area contributed by atoms with E-state index < -0.39 is 0 Å². The first-order chi connectivity index (χ1) is 8.63. The molecule has 0 aliphatic carbocycles. The first kappa shape index (κ1) is 14.2. The average molecular weight is 249 g/mol. The van der Waals surface area contributed by atoms with Crippen molar-refractivity contribution >= 4 is 17.5 Å². The number of hydrogen-bond acceptors (Lipinski definition) is 3. The second-order valence-corrected chi connectivity index (χ2v) is 3.94. The van der Waals surface area contributed by atoms with E-state index in [1.807, 2.05) is 24.3 Å².